The highest BCUT2D eigenvalue weighted by Crippen LogP contribution is 2.46. The second-order valence-corrected chi connectivity index (χ2v) is 10.3. The van der Waals surface area contributed by atoms with Gasteiger partial charge in [0.25, 0.3) is 0 Å². The first kappa shape index (κ1) is 21.2. The summed E-state index contributed by atoms with van der Waals surface area (Å²) in [7, 11) is 5.88. The summed E-state index contributed by atoms with van der Waals surface area (Å²) in [6.07, 6.45) is 6.97. The van der Waals surface area contributed by atoms with Crippen LogP contribution in [0.2, 0.25) is 0 Å². The largest absolute Gasteiger partial charge is 0.494 e. The number of likely N-dealkylation sites (N-methyl/N-ethyl adjacent to an activating group) is 1. The molecule has 0 amide bonds. The lowest BCUT2D eigenvalue weighted by Crippen LogP contribution is -2.22. The Morgan fingerprint density at radius 2 is 2.06 bits per heavy atom. The number of carbonyl (C=O) groups is 1. The Morgan fingerprint density at radius 3 is 2.72 bits per heavy atom. The number of hydrogen-bond acceptors (Lipinski definition) is 5. The van der Waals surface area contributed by atoms with Crippen molar-refractivity contribution < 1.29 is 14.6 Å². The molecule has 5 rings (SSSR count). The van der Waals surface area contributed by atoms with Crippen molar-refractivity contribution in [3.05, 3.63) is 50.6 Å². The smallest absolute Gasteiger partial charge is 0.341 e. The molecule has 1 atom stereocenters. The topological polar surface area (TPSA) is 71.8 Å². The number of aromatic carboxylic acids is 1. The summed E-state index contributed by atoms with van der Waals surface area (Å²) in [6, 6.07) is 6.21. The number of aromatic nitrogens is 1. The van der Waals surface area contributed by atoms with Crippen molar-refractivity contribution in [2.24, 2.45) is 0 Å². The van der Waals surface area contributed by atoms with Crippen molar-refractivity contribution in [1.82, 2.24) is 9.47 Å². The predicted molar refractivity (Wildman–Crippen MR) is 128 cm³/mol. The minimum atomic E-state index is -1.19. The van der Waals surface area contributed by atoms with Crippen LogP contribution < -0.4 is 10.2 Å². The van der Waals surface area contributed by atoms with E-state index in [-0.39, 0.29) is 11.6 Å². The molecule has 1 aromatic carbocycles. The molecule has 2 aromatic heterocycles. The number of fused-ring (bicyclic) bond motifs is 2. The van der Waals surface area contributed by atoms with Crippen LogP contribution in [0.3, 0.4) is 0 Å². The molecule has 0 bridgehead atoms. The molecule has 2 aliphatic carbocycles. The minimum Gasteiger partial charge on any atom is -0.494 e. The Labute approximate surface area is 191 Å². The van der Waals surface area contributed by atoms with E-state index in [2.05, 4.69) is 25.1 Å². The molecule has 0 saturated heterocycles. The fourth-order valence-corrected chi connectivity index (χ4v) is 6.34. The Balaban J connectivity index is 1.71. The fourth-order valence-electron chi connectivity index (χ4n) is 5.02. The zero-order valence-corrected chi connectivity index (χ0v) is 19.5. The minimum absolute atomic E-state index is 0.183. The summed E-state index contributed by atoms with van der Waals surface area (Å²) in [6.45, 7) is 1.04. The van der Waals surface area contributed by atoms with E-state index >= 15 is 0 Å². The predicted octanol–water partition coefficient (Wildman–Crippen LogP) is 4.75. The van der Waals surface area contributed by atoms with Crippen LogP contribution in [0.4, 0.5) is 0 Å². The van der Waals surface area contributed by atoms with E-state index in [0.29, 0.717) is 22.6 Å². The Bertz CT molecular complexity index is 1270. The number of carboxylic acid groups (broad SMARTS) is 1. The number of carboxylic acids is 1. The highest BCUT2D eigenvalue weighted by atomic mass is 32.1. The van der Waals surface area contributed by atoms with Gasteiger partial charge in [-0.2, -0.15) is 0 Å². The molecule has 0 radical (unpaired) electrons. The molecule has 0 aliphatic heterocycles. The first-order valence-electron chi connectivity index (χ1n) is 11.2. The van der Waals surface area contributed by atoms with Gasteiger partial charge in [-0.25, -0.2) is 4.79 Å². The summed E-state index contributed by atoms with van der Waals surface area (Å²) >= 11 is 1.82. The highest BCUT2D eigenvalue weighted by Gasteiger charge is 2.30. The number of aryl methyl sites for hydroxylation is 1. The molecule has 7 heteroatoms. The number of hydrogen-bond donors (Lipinski definition) is 1. The Kier molecular flexibility index (Phi) is 5.34. The van der Waals surface area contributed by atoms with Crippen molar-refractivity contribution in [3.8, 4) is 16.2 Å². The van der Waals surface area contributed by atoms with Crippen LogP contribution in [0.15, 0.2) is 29.2 Å². The zero-order chi connectivity index (χ0) is 22.6. The molecule has 168 valence electrons. The van der Waals surface area contributed by atoms with E-state index in [4.69, 9.17) is 4.74 Å². The maximum Gasteiger partial charge on any atom is 0.341 e. The first-order valence-corrected chi connectivity index (χ1v) is 12.0. The number of methoxy groups -OCH3 is 1. The van der Waals surface area contributed by atoms with Gasteiger partial charge in [0.2, 0.25) is 5.43 Å². The van der Waals surface area contributed by atoms with Gasteiger partial charge in [-0.15, -0.1) is 11.3 Å². The Morgan fingerprint density at radius 1 is 1.28 bits per heavy atom. The lowest BCUT2D eigenvalue weighted by molar-refractivity contribution is 0.0695. The second-order valence-electron chi connectivity index (χ2n) is 9.20. The van der Waals surface area contributed by atoms with Crippen LogP contribution >= 0.6 is 11.3 Å². The number of rotatable bonds is 6. The lowest BCUT2D eigenvalue weighted by Gasteiger charge is -2.25. The third-order valence-electron chi connectivity index (χ3n) is 6.61. The average molecular weight is 453 g/mol. The van der Waals surface area contributed by atoms with E-state index in [1.54, 1.807) is 13.2 Å². The van der Waals surface area contributed by atoms with Gasteiger partial charge in [-0.3, -0.25) is 4.79 Å². The maximum absolute atomic E-state index is 12.9. The van der Waals surface area contributed by atoms with Crippen LogP contribution in [0.25, 0.3) is 21.3 Å². The van der Waals surface area contributed by atoms with Gasteiger partial charge in [0.1, 0.15) is 5.56 Å². The number of pyridine rings is 1. The van der Waals surface area contributed by atoms with Gasteiger partial charge < -0.3 is 19.3 Å². The van der Waals surface area contributed by atoms with Crippen molar-refractivity contribution in [2.45, 2.75) is 44.1 Å². The van der Waals surface area contributed by atoms with Gasteiger partial charge in [-0.05, 0) is 75.9 Å². The number of nitrogens with zero attached hydrogens (tertiary/aromatic N) is 2. The van der Waals surface area contributed by atoms with Gasteiger partial charge in [-0.1, -0.05) is 0 Å². The highest BCUT2D eigenvalue weighted by molar-refractivity contribution is 7.15. The lowest BCUT2D eigenvalue weighted by atomic mass is 9.87. The fraction of sp³-hybridized carbons (Fsp3) is 0.440. The van der Waals surface area contributed by atoms with Crippen LogP contribution in [-0.2, 0) is 6.42 Å². The monoisotopic (exact) mass is 452 g/mol. The van der Waals surface area contributed by atoms with Crippen LogP contribution in [0.5, 0.6) is 5.75 Å². The van der Waals surface area contributed by atoms with E-state index in [1.165, 1.54) is 29.5 Å². The molecule has 0 spiro atoms. The number of ether oxygens (including phenoxy) is 1. The van der Waals surface area contributed by atoms with E-state index in [1.807, 2.05) is 22.0 Å². The molecule has 1 saturated carbocycles. The molecular formula is C25H28N2O4S. The van der Waals surface area contributed by atoms with Crippen molar-refractivity contribution in [1.29, 1.82) is 0 Å². The van der Waals surface area contributed by atoms with Crippen molar-refractivity contribution in [3.63, 3.8) is 0 Å². The van der Waals surface area contributed by atoms with Crippen molar-refractivity contribution in [2.75, 3.05) is 27.7 Å². The normalized spacial score (nSPS) is 18.2. The SMILES string of the molecule is COc1c(-c2cc3c(s2)CCCC3CN(C)C)ccc2c(=O)c(C(=O)O)cn(C3CC3)c12. The number of benzene rings is 1. The summed E-state index contributed by atoms with van der Waals surface area (Å²) in [5.74, 6) is 0.00590. The van der Waals surface area contributed by atoms with E-state index in [9.17, 15) is 14.7 Å². The Hall–Kier alpha value is -2.64. The molecular weight excluding hydrogens is 424 g/mol. The average Bonchev–Trinajstić information content (AvgIpc) is 3.50. The van der Waals surface area contributed by atoms with Gasteiger partial charge in [0, 0.05) is 34.1 Å². The molecule has 1 N–H and O–H groups in total. The van der Waals surface area contributed by atoms with Crippen LogP contribution in [-0.4, -0.2) is 48.3 Å². The third kappa shape index (κ3) is 3.53. The van der Waals surface area contributed by atoms with Crippen LogP contribution in [0, 0.1) is 0 Å². The zero-order valence-electron chi connectivity index (χ0n) is 18.7. The third-order valence-corrected chi connectivity index (χ3v) is 7.85. The molecule has 1 fully saturated rings. The maximum atomic E-state index is 12.9. The molecule has 32 heavy (non-hydrogen) atoms. The molecule has 2 aliphatic rings. The molecule has 3 aromatic rings. The van der Waals surface area contributed by atoms with Crippen molar-refractivity contribution >= 4 is 28.2 Å². The van der Waals surface area contributed by atoms with Crippen LogP contribution in [0.1, 0.15) is 58.4 Å². The summed E-state index contributed by atoms with van der Waals surface area (Å²) < 4.78 is 7.85. The quantitative estimate of drug-likeness (QED) is 0.584. The van der Waals surface area contributed by atoms with Gasteiger partial charge in [0.05, 0.1) is 18.0 Å². The first-order chi connectivity index (χ1) is 15.4. The number of thiophene rings is 1. The molecule has 1 unspecified atom stereocenters. The van der Waals surface area contributed by atoms with E-state index < -0.39 is 11.4 Å². The van der Waals surface area contributed by atoms with E-state index in [0.717, 1.165) is 36.2 Å². The van der Waals surface area contributed by atoms with Gasteiger partial charge in [0.15, 0.2) is 5.75 Å². The molecule has 2 heterocycles. The second kappa shape index (κ2) is 8.05. The van der Waals surface area contributed by atoms with Gasteiger partial charge >= 0.3 is 5.97 Å². The summed E-state index contributed by atoms with van der Waals surface area (Å²) in [4.78, 5) is 29.5. The standard InChI is InChI=1S/C25H28N2O4S/c1-26(2)12-14-5-4-6-20-18(14)11-21(32-20)16-9-10-17-22(24(16)31-3)27(15-7-8-15)13-19(23(17)28)25(29)30/h9-11,13-15H,4-8,12H2,1-3H3,(H,29,30). The summed E-state index contributed by atoms with van der Waals surface area (Å²) in [5.41, 5.74) is 2.48. The molecule has 6 nitrogen and oxygen atoms in total. The summed E-state index contributed by atoms with van der Waals surface area (Å²) in [5, 5.41) is 9.95.